The van der Waals surface area contributed by atoms with E-state index < -0.39 is 46.9 Å². The Labute approximate surface area is 187 Å². The van der Waals surface area contributed by atoms with Gasteiger partial charge in [0.05, 0.1) is 22.6 Å². The highest BCUT2D eigenvalue weighted by Crippen LogP contribution is 2.28. The van der Waals surface area contributed by atoms with Gasteiger partial charge in [-0.3, -0.25) is 9.36 Å². The number of ether oxygens (including phenoxy) is 1. The van der Waals surface area contributed by atoms with Gasteiger partial charge in [-0.1, -0.05) is 19.1 Å². The first kappa shape index (κ1) is 24.2. The Morgan fingerprint density at radius 2 is 1.79 bits per heavy atom. The third-order valence-electron chi connectivity index (χ3n) is 4.71. The zero-order valence-electron chi connectivity index (χ0n) is 18.5. The molecule has 1 unspecified atom stereocenters. The number of alkyl halides is 2. The Balaban J connectivity index is 2.31. The van der Waals surface area contributed by atoms with Crippen LogP contribution in [0.25, 0.3) is 16.6 Å². The number of fused-ring (bicyclic) bond motifs is 1. The third-order valence-corrected chi connectivity index (χ3v) is 4.71. The van der Waals surface area contributed by atoms with Gasteiger partial charge in [-0.25, -0.2) is 27.3 Å². The molecule has 10 heteroatoms. The van der Waals surface area contributed by atoms with E-state index in [0.717, 1.165) is 22.8 Å². The number of carbonyl (C=O) groups is 1. The number of hydrogen-bond acceptors (Lipinski definition) is 4. The maximum Gasteiger partial charge on any atom is 0.408 e. The second-order valence-electron chi connectivity index (χ2n) is 8.39. The zero-order chi connectivity index (χ0) is 24.5. The van der Waals surface area contributed by atoms with Gasteiger partial charge >= 0.3 is 6.09 Å². The fourth-order valence-electron chi connectivity index (χ4n) is 3.41. The Hall–Kier alpha value is -3.43. The van der Waals surface area contributed by atoms with Crippen LogP contribution in [0.1, 0.15) is 58.0 Å². The van der Waals surface area contributed by atoms with Crippen LogP contribution in [0, 0.1) is 11.6 Å². The molecule has 0 aliphatic heterocycles. The van der Waals surface area contributed by atoms with E-state index in [0.29, 0.717) is 6.07 Å². The van der Waals surface area contributed by atoms with E-state index in [-0.39, 0.29) is 28.8 Å². The number of nitrogens with one attached hydrogen (secondary N) is 1. The number of benzene rings is 2. The van der Waals surface area contributed by atoms with Gasteiger partial charge in [-0.05, 0) is 45.4 Å². The van der Waals surface area contributed by atoms with Gasteiger partial charge in [0, 0.05) is 11.6 Å². The van der Waals surface area contributed by atoms with Crippen molar-refractivity contribution >= 4 is 17.0 Å². The Bertz CT molecular complexity index is 1230. The SMILES string of the molecule is CCC(NC(=O)OC(C)(C)C)c1nc2cccc(C(F)F)c2c(=O)n1-c1cc(F)cc(F)c1. The van der Waals surface area contributed by atoms with Crippen molar-refractivity contribution in [2.45, 2.75) is 52.2 Å². The minimum atomic E-state index is -2.98. The van der Waals surface area contributed by atoms with E-state index in [2.05, 4.69) is 10.3 Å². The highest BCUT2D eigenvalue weighted by atomic mass is 19.3. The van der Waals surface area contributed by atoms with Crippen LogP contribution in [-0.4, -0.2) is 21.2 Å². The molecule has 1 amide bonds. The molecule has 0 radical (unpaired) electrons. The normalized spacial score (nSPS) is 12.8. The summed E-state index contributed by atoms with van der Waals surface area (Å²) in [6.45, 7) is 6.68. The third kappa shape index (κ3) is 5.32. The molecule has 0 aliphatic carbocycles. The first-order chi connectivity index (χ1) is 15.4. The molecule has 176 valence electrons. The van der Waals surface area contributed by atoms with E-state index in [1.807, 2.05) is 0 Å². The predicted octanol–water partition coefficient (Wildman–Crippen LogP) is 5.58. The summed E-state index contributed by atoms with van der Waals surface area (Å²) >= 11 is 0. The molecular formula is C23H23F4N3O3. The van der Waals surface area contributed by atoms with Gasteiger partial charge in [-0.2, -0.15) is 0 Å². The van der Waals surface area contributed by atoms with Crippen molar-refractivity contribution in [3.8, 4) is 5.69 Å². The summed E-state index contributed by atoms with van der Waals surface area (Å²) in [6, 6.07) is 5.24. The summed E-state index contributed by atoms with van der Waals surface area (Å²) in [5, 5.41) is 2.21. The summed E-state index contributed by atoms with van der Waals surface area (Å²) in [6.07, 6.45) is -3.57. The van der Waals surface area contributed by atoms with Crippen molar-refractivity contribution in [2.24, 2.45) is 0 Å². The smallest absolute Gasteiger partial charge is 0.408 e. The number of halogens is 4. The van der Waals surface area contributed by atoms with Gasteiger partial charge in [0.1, 0.15) is 23.1 Å². The lowest BCUT2D eigenvalue weighted by atomic mass is 10.1. The summed E-state index contributed by atoms with van der Waals surface area (Å²) < 4.78 is 61.3. The lowest BCUT2D eigenvalue weighted by Gasteiger charge is -2.25. The lowest BCUT2D eigenvalue weighted by Crippen LogP contribution is -2.38. The second kappa shape index (κ2) is 9.21. The Morgan fingerprint density at radius 3 is 2.33 bits per heavy atom. The number of hydrogen-bond donors (Lipinski definition) is 1. The second-order valence-corrected chi connectivity index (χ2v) is 8.39. The molecule has 0 aliphatic rings. The summed E-state index contributed by atoms with van der Waals surface area (Å²) in [5.74, 6) is -2.03. The van der Waals surface area contributed by atoms with E-state index in [1.165, 1.54) is 12.1 Å². The molecule has 2 aromatic carbocycles. The number of aromatic nitrogens is 2. The molecular weight excluding hydrogens is 442 g/mol. The molecule has 0 bridgehead atoms. The van der Waals surface area contributed by atoms with Crippen LogP contribution in [0.2, 0.25) is 0 Å². The van der Waals surface area contributed by atoms with E-state index in [1.54, 1.807) is 27.7 Å². The van der Waals surface area contributed by atoms with Crippen molar-refractivity contribution in [3.63, 3.8) is 0 Å². The molecule has 0 saturated carbocycles. The summed E-state index contributed by atoms with van der Waals surface area (Å²) in [5.41, 5.74) is -2.60. The highest BCUT2D eigenvalue weighted by molar-refractivity contribution is 5.82. The fourth-order valence-corrected chi connectivity index (χ4v) is 3.41. The number of rotatable bonds is 5. The van der Waals surface area contributed by atoms with Crippen molar-refractivity contribution in [3.05, 3.63) is 69.8 Å². The Morgan fingerprint density at radius 1 is 1.15 bits per heavy atom. The first-order valence-corrected chi connectivity index (χ1v) is 10.2. The highest BCUT2D eigenvalue weighted by Gasteiger charge is 2.26. The number of alkyl carbamates (subject to hydrolysis) is 1. The van der Waals surface area contributed by atoms with E-state index >= 15 is 0 Å². The summed E-state index contributed by atoms with van der Waals surface area (Å²) in [7, 11) is 0. The number of carbonyl (C=O) groups excluding carboxylic acids is 1. The van der Waals surface area contributed by atoms with Crippen LogP contribution in [0.5, 0.6) is 0 Å². The van der Waals surface area contributed by atoms with Crippen LogP contribution in [0.4, 0.5) is 22.4 Å². The van der Waals surface area contributed by atoms with Crippen LogP contribution in [-0.2, 0) is 4.74 Å². The van der Waals surface area contributed by atoms with Crippen molar-refractivity contribution in [1.29, 1.82) is 0 Å². The van der Waals surface area contributed by atoms with Crippen LogP contribution >= 0.6 is 0 Å². The topological polar surface area (TPSA) is 73.2 Å². The van der Waals surface area contributed by atoms with Crippen LogP contribution in [0.15, 0.2) is 41.2 Å². The minimum absolute atomic E-state index is 0.0367. The molecule has 1 aromatic heterocycles. The average molecular weight is 465 g/mol. The standard InChI is InChI=1S/C23H23F4N3O3/c1-5-16(29-22(32)33-23(2,3)4)20-28-17-8-6-7-15(19(26)27)18(17)21(31)30(20)14-10-12(24)9-13(25)11-14/h6-11,16,19H,5H2,1-4H3,(H,29,32). The largest absolute Gasteiger partial charge is 0.444 e. The first-order valence-electron chi connectivity index (χ1n) is 10.2. The maximum atomic E-state index is 14.0. The van der Waals surface area contributed by atoms with Gasteiger partial charge in [0.25, 0.3) is 12.0 Å². The van der Waals surface area contributed by atoms with Gasteiger partial charge in [0.15, 0.2) is 0 Å². The molecule has 0 spiro atoms. The fraction of sp³-hybridized carbons (Fsp3) is 0.348. The molecule has 3 rings (SSSR count). The molecule has 0 fully saturated rings. The van der Waals surface area contributed by atoms with Gasteiger partial charge in [0.2, 0.25) is 0 Å². The molecule has 0 saturated heterocycles. The molecule has 33 heavy (non-hydrogen) atoms. The van der Waals surface area contributed by atoms with Gasteiger partial charge in [-0.15, -0.1) is 0 Å². The number of nitrogens with zero attached hydrogens (tertiary/aromatic N) is 2. The van der Waals surface area contributed by atoms with Crippen molar-refractivity contribution < 1.29 is 27.1 Å². The van der Waals surface area contributed by atoms with Gasteiger partial charge < -0.3 is 10.1 Å². The molecule has 6 nitrogen and oxygen atoms in total. The quantitative estimate of drug-likeness (QED) is 0.500. The molecule has 3 aromatic rings. The molecule has 1 atom stereocenters. The van der Waals surface area contributed by atoms with E-state index in [4.69, 9.17) is 4.74 Å². The Kier molecular flexibility index (Phi) is 6.76. The average Bonchev–Trinajstić information content (AvgIpc) is 2.69. The number of amides is 1. The predicted molar refractivity (Wildman–Crippen MR) is 115 cm³/mol. The van der Waals surface area contributed by atoms with Crippen molar-refractivity contribution in [1.82, 2.24) is 14.9 Å². The van der Waals surface area contributed by atoms with Crippen LogP contribution < -0.4 is 10.9 Å². The van der Waals surface area contributed by atoms with Crippen molar-refractivity contribution in [2.75, 3.05) is 0 Å². The van der Waals surface area contributed by atoms with E-state index in [9.17, 15) is 27.2 Å². The monoisotopic (exact) mass is 465 g/mol. The van der Waals surface area contributed by atoms with Crippen LogP contribution in [0.3, 0.4) is 0 Å². The molecule has 1 N–H and O–H groups in total. The zero-order valence-corrected chi connectivity index (χ0v) is 18.5. The lowest BCUT2D eigenvalue weighted by molar-refractivity contribution is 0.0499. The summed E-state index contributed by atoms with van der Waals surface area (Å²) in [4.78, 5) is 30.2. The maximum absolute atomic E-state index is 14.0. The minimum Gasteiger partial charge on any atom is -0.444 e. The molecule has 1 heterocycles.